The molecule has 0 unspecified atom stereocenters. The van der Waals surface area contributed by atoms with Gasteiger partial charge in [0, 0.05) is 23.5 Å². The number of rotatable bonds is 4. The molecule has 0 spiro atoms. The second kappa shape index (κ2) is 18.4. The number of nitrogens with zero attached hydrogens (tertiary/aromatic N) is 4. The van der Waals surface area contributed by atoms with Crippen LogP contribution in [0.3, 0.4) is 0 Å². The third kappa shape index (κ3) is 12.8. The topological polar surface area (TPSA) is 51.6 Å². The van der Waals surface area contributed by atoms with E-state index in [2.05, 4.69) is 33.8 Å². The van der Waals surface area contributed by atoms with E-state index >= 15 is 0 Å². The molecule has 0 radical (unpaired) electrons. The van der Waals surface area contributed by atoms with E-state index < -0.39 is 11.8 Å². The first-order valence-corrected chi connectivity index (χ1v) is 14.2. The van der Waals surface area contributed by atoms with Gasteiger partial charge in [0.2, 0.25) is 11.9 Å². The smallest absolute Gasteiger partial charge is 0.216 e. The van der Waals surface area contributed by atoms with Crippen LogP contribution in [-0.2, 0) is 0 Å². The van der Waals surface area contributed by atoms with Crippen molar-refractivity contribution in [3.8, 4) is 0 Å². The molecule has 42 heavy (non-hydrogen) atoms. The van der Waals surface area contributed by atoms with Crippen LogP contribution in [0.2, 0.25) is 10.3 Å². The predicted molar refractivity (Wildman–Crippen MR) is 163 cm³/mol. The molecule has 0 atom stereocenters. The zero-order valence-corrected chi connectivity index (χ0v) is 26.7. The third-order valence-corrected chi connectivity index (χ3v) is 6.36. The first-order valence-electron chi connectivity index (χ1n) is 13.5. The van der Waals surface area contributed by atoms with E-state index in [0.29, 0.717) is 27.4 Å². The molecule has 0 saturated heterocycles. The molecule has 4 rings (SSSR count). The van der Waals surface area contributed by atoms with Crippen LogP contribution < -0.4 is 0 Å². The lowest BCUT2D eigenvalue weighted by Gasteiger charge is -2.05. The average Bonchev–Trinajstić information content (AvgIpc) is 2.92. The number of hydrogen-bond acceptors (Lipinski definition) is 4. The van der Waals surface area contributed by atoms with Crippen molar-refractivity contribution < 1.29 is 17.6 Å². The molecule has 0 fully saturated rings. The van der Waals surface area contributed by atoms with E-state index in [1.54, 1.807) is 32.2 Å². The Morgan fingerprint density at radius 1 is 0.500 bits per heavy atom. The van der Waals surface area contributed by atoms with Crippen molar-refractivity contribution in [1.82, 2.24) is 19.9 Å². The monoisotopic (exact) mass is 624 g/mol. The Morgan fingerprint density at radius 2 is 0.905 bits per heavy atom. The van der Waals surface area contributed by atoms with E-state index in [-0.39, 0.29) is 29.5 Å². The van der Waals surface area contributed by atoms with Gasteiger partial charge in [-0.3, -0.25) is 0 Å². The van der Waals surface area contributed by atoms with Crippen molar-refractivity contribution in [2.75, 3.05) is 0 Å². The van der Waals surface area contributed by atoms with Gasteiger partial charge in [0.1, 0.15) is 21.9 Å². The highest BCUT2D eigenvalue weighted by atomic mass is 35.5. The molecule has 0 aliphatic carbocycles. The summed E-state index contributed by atoms with van der Waals surface area (Å²) in [6.07, 6.45) is 5.16. The van der Waals surface area contributed by atoms with Crippen LogP contribution in [0.5, 0.6) is 0 Å². The second-order valence-corrected chi connectivity index (χ2v) is 11.2. The predicted octanol–water partition coefficient (Wildman–Crippen LogP) is 10.7. The summed E-state index contributed by atoms with van der Waals surface area (Å²) in [7, 11) is 0. The fourth-order valence-corrected chi connectivity index (χ4v) is 4.00. The summed E-state index contributed by atoms with van der Waals surface area (Å²) in [6, 6.07) is 10.00. The summed E-state index contributed by atoms with van der Waals surface area (Å²) < 4.78 is 50.5. The maximum Gasteiger partial charge on any atom is 0.216 e. The highest BCUT2D eigenvalue weighted by Gasteiger charge is 2.09. The second-order valence-electron chi connectivity index (χ2n) is 10.5. The summed E-state index contributed by atoms with van der Waals surface area (Å²) in [5.41, 5.74) is 2.88. The molecule has 4 nitrogen and oxygen atoms in total. The van der Waals surface area contributed by atoms with Crippen molar-refractivity contribution in [1.29, 1.82) is 0 Å². The minimum atomic E-state index is -0.582. The molecule has 0 N–H and O–H groups in total. The maximum atomic E-state index is 12.7. The van der Waals surface area contributed by atoms with Gasteiger partial charge in [0.15, 0.2) is 0 Å². The van der Waals surface area contributed by atoms with Crippen LogP contribution >= 0.6 is 23.2 Å². The van der Waals surface area contributed by atoms with Gasteiger partial charge in [0.05, 0.1) is 12.4 Å². The molecule has 0 aliphatic rings. The van der Waals surface area contributed by atoms with Gasteiger partial charge in [-0.25, -0.2) is 28.7 Å². The summed E-state index contributed by atoms with van der Waals surface area (Å²) in [5, 5.41) is 1.01. The van der Waals surface area contributed by atoms with Gasteiger partial charge >= 0.3 is 0 Å². The van der Waals surface area contributed by atoms with Crippen LogP contribution in [0.1, 0.15) is 101 Å². The lowest BCUT2D eigenvalue weighted by atomic mass is 10.1. The van der Waals surface area contributed by atoms with Crippen molar-refractivity contribution >= 4 is 23.2 Å². The highest BCUT2D eigenvalue weighted by molar-refractivity contribution is 6.30. The van der Waals surface area contributed by atoms with Crippen LogP contribution in [0.15, 0.2) is 61.2 Å². The van der Waals surface area contributed by atoms with E-state index in [4.69, 9.17) is 23.2 Å². The molecule has 4 aromatic rings. The Kier molecular flexibility index (Phi) is 16.2. The van der Waals surface area contributed by atoms with Gasteiger partial charge in [-0.2, -0.15) is 8.78 Å². The Bertz CT molecular complexity index is 1280. The summed E-state index contributed by atoms with van der Waals surface area (Å²) >= 11 is 11.5. The fraction of sp³-hybridized carbons (Fsp3) is 0.375. The molecule has 0 bridgehead atoms. The Balaban J connectivity index is 0.000000280. The fourth-order valence-electron chi connectivity index (χ4n) is 3.34. The molecule has 4 aromatic heterocycles. The first kappa shape index (κ1) is 36.9. The molecule has 0 aromatic carbocycles. The van der Waals surface area contributed by atoms with Gasteiger partial charge < -0.3 is 0 Å². The van der Waals surface area contributed by atoms with Gasteiger partial charge in [0.25, 0.3) is 0 Å². The van der Waals surface area contributed by atoms with Crippen molar-refractivity contribution in [2.24, 2.45) is 0 Å². The lowest BCUT2D eigenvalue weighted by Crippen LogP contribution is -1.96. The minimum absolute atomic E-state index is 0.0294. The molecule has 0 aliphatic heterocycles. The summed E-state index contributed by atoms with van der Waals surface area (Å²) in [6.45, 7) is 15.6. The van der Waals surface area contributed by atoms with Crippen molar-refractivity contribution in [3.05, 3.63) is 117 Å². The molecule has 0 amide bonds. The number of hydrogen-bond donors (Lipinski definition) is 0. The molecular formula is C32H38Cl2F4N4. The van der Waals surface area contributed by atoms with Gasteiger partial charge in [-0.05, 0) is 59.1 Å². The number of aromatic nitrogens is 4. The minimum Gasteiger partial charge on any atom is -0.244 e. The normalized spacial score (nSPS) is 10.5. The van der Waals surface area contributed by atoms with Crippen LogP contribution in [0.4, 0.5) is 17.6 Å². The number of halogens is 6. The van der Waals surface area contributed by atoms with Gasteiger partial charge in [-0.1, -0.05) is 90.7 Å². The van der Waals surface area contributed by atoms with E-state index in [9.17, 15) is 17.6 Å². The quantitative estimate of drug-likeness (QED) is 0.167. The first-order chi connectivity index (χ1) is 19.6. The van der Waals surface area contributed by atoms with E-state index in [0.717, 1.165) is 23.5 Å². The summed E-state index contributed by atoms with van der Waals surface area (Å²) in [4.78, 5) is 14.4. The molecule has 0 saturated carbocycles. The zero-order valence-electron chi connectivity index (χ0n) is 25.1. The lowest BCUT2D eigenvalue weighted by molar-refractivity contribution is 0.535. The largest absolute Gasteiger partial charge is 0.244 e. The maximum absolute atomic E-state index is 12.7. The standard InChI is InChI=1S/C8H9ClFN.C8H10ClN.C8H9F2N.C8H10FN/c1-5(2)7-3-6(10)4-11-8(7)9;1-6(2)7-4-3-5-10-8(7)9;1-5(2)7-3-6(9)4-11-8(7)10;1-6(2)7-4-3-5-10-8(7)9/h3-5H,1-2H3;3-6H,1-2H3;3-5H,1-2H3;3-6H,1-2H3. The third-order valence-electron chi connectivity index (χ3n) is 5.73. The highest BCUT2D eigenvalue weighted by Crippen LogP contribution is 2.22. The van der Waals surface area contributed by atoms with Crippen LogP contribution in [0, 0.1) is 23.5 Å². The molecule has 10 heteroatoms. The van der Waals surface area contributed by atoms with E-state index in [1.165, 1.54) is 18.3 Å². The Morgan fingerprint density at radius 3 is 1.29 bits per heavy atom. The molecular weight excluding hydrogens is 587 g/mol. The van der Waals surface area contributed by atoms with Crippen molar-refractivity contribution in [2.45, 2.75) is 79.1 Å². The molecule has 4 heterocycles. The van der Waals surface area contributed by atoms with Crippen molar-refractivity contribution in [3.63, 3.8) is 0 Å². The summed E-state index contributed by atoms with van der Waals surface area (Å²) in [5.74, 6) is -0.897. The average molecular weight is 626 g/mol. The van der Waals surface area contributed by atoms with E-state index in [1.807, 2.05) is 39.8 Å². The van der Waals surface area contributed by atoms with Crippen LogP contribution in [-0.4, -0.2) is 19.9 Å². The molecule has 228 valence electrons. The SMILES string of the molecule is CC(C)c1cc(F)cnc1Cl.CC(C)c1cc(F)cnc1F.CC(C)c1cccnc1Cl.CC(C)c1cccnc1F. The van der Waals surface area contributed by atoms with Crippen LogP contribution in [0.25, 0.3) is 0 Å². The zero-order chi connectivity index (χ0) is 32.0. The Labute approximate surface area is 256 Å². The van der Waals surface area contributed by atoms with Gasteiger partial charge in [-0.15, -0.1) is 0 Å². The number of pyridine rings is 4. The Hall–Kier alpha value is -3.10.